The van der Waals surface area contributed by atoms with Crippen molar-refractivity contribution >= 4 is 85.7 Å². The van der Waals surface area contributed by atoms with Crippen LogP contribution in [0.4, 0.5) is 21.0 Å². The number of hydrogen-bond acceptors (Lipinski definition) is 13. The van der Waals surface area contributed by atoms with Crippen LogP contribution in [-0.4, -0.2) is 106 Å². The summed E-state index contributed by atoms with van der Waals surface area (Å²) < 4.78 is 9.22. The number of urea groups is 2. The fourth-order valence-electron chi connectivity index (χ4n) is 8.67. The number of nitrogens with zero attached hydrogens (tertiary/aromatic N) is 1. The van der Waals surface area contributed by atoms with E-state index >= 15 is 0 Å². The van der Waals surface area contributed by atoms with Gasteiger partial charge in [0.15, 0.2) is 5.78 Å². The van der Waals surface area contributed by atoms with Crippen LogP contribution < -0.4 is 32.7 Å². The molecule has 409 valence electrons. The molecule has 2 aromatic carbocycles. The number of hydrogen-bond donors (Lipinski definition) is 9. The number of rotatable bonds is 30. The summed E-state index contributed by atoms with van der Waals surface area (Å²) in [5.74, 6) is -4.63. The van der Waals surface area contributed by atoms with Crippen molar-refractivity contribution in [3.05, 3.63) is 71.8 Å². The largest absolute Gasteiger partial charge is 0.480 e. The third kappa shape index (κ3) is 20.5. The highest BCUT2D eigenvalue weighted by atomic mass is 31.1. The third-order valence-electron chi connectivity index (χ3n) is 13.4. The molecule has 2 aromatic rings. The summed E-state index contributed by atoms with van der Waals surface area (Å²) in [7, 11) is 0.123. The lowest BCUT2D eigenvalue weighted by Gasteiger charge is -2.39. The first-order valence-electron chi connectivity index (χ1n) is 24.9. The van der Waals surface area contributed by atoms with Crippen LogP contribution in [-0.2, 0) is 56.1 Å². The Kier molecular flexibility index (Phi) is 28.6. The van der Waals surface area contributed by atoms with Crippen molar-refractivity contribution in [2.75, 3.05) is 30.3 Å². The molecule has 11 N–H and O–H groups in total. The maximum absolute atomic E-state index is 13.5. The molecule has 2 aliphatic carbocycles. The molecular formula is C52H74BN7O14P. The predicted molar refractivity (Wildman–Crippen MR) is 282 cm³/mol. The van der Waals surface area contributed by atoms with Crippen LogP contribution in [0, 0.1) is 22.7 Å². The Bertz CT molecular complexity index is 2290. The maximum atomic E-state index is 13.5. The van der Waals surface area contributed by atoms with E-state index in [9.17, 15) is 62.7 Å². The number of aliphatic hydroxyl groups is 2. The van der Waals surface area contributed by atoms with E-state index < -0.39 is 52.4 Å². The van der Waals surface area contributed by atoms with Gasteiger partial charge >= 0.3 is 18.0 Å². The molecule has 0 saturated heterocycles. The van der Waals surface area contributed by atoms with Crippen LogP contribution >= 0.6 is 8.34 Å². The Morgan fingerprint density at radius 2 is 1.04 bits per heavy atom. The number of carboxylic acids is 1. The molecule has 1 aliphatic heterocycles. The van der Waals surface area contributed by atoms with Gasteiger partial charge in [0.25, 0.3) is 11.8 Å². The lowest BCUT2D eigenvalue weighted by molar-refractivity contribution is -0.162. The molecule has 8 amide bonds. The Morgan fingerprint density at radius 1 is 0.640 bits per heavy atom. The molecule has 2 fully saturated rings. The number of amides is 8. The SMILES string of the molecule is C.C[B]P=O.NC(=O)NCCC[C@H](CC(=O)C1(C(=O)CCCCCCN2C(=O)C=CC2=O)CCC1)C(=O)Nc1ccc(CO)cc1.NC(=O)NCCC[C@H](CC(=O)C1(C(=O)O)CCC1)C(=O)Nc1ccc(CO)cc1. The van der Waals surface area contributed by atoms with Crippen molar-refractivity contribution in [1.29, 1.82) is 0 Å². The van der Waals surface area contributed by atoms with E-state index in [1.54, 1.807) is 62.4 Å². The van der Waals surface area contributed by atoms with Gasteiger partial charge in [0.05, 0.1) is 27.0 Å². The van der Waals surface area contributed by atoms with Gasteiger partial charge in [-0.15, -0.1) is 0 Å². The summed E-state index contributed by atoms with van der Waals surface area (Å²) >= 11 is 0. The second kappa shape index (κ2) is 33.3. The normalized spacial score (nSPS) is 15.3. The zero-order chi connectivity index (χ0) is 54.7. The molecule has 2 saturated carbocycles. The van der Waals surface area contributed by atoms with E-state index in [0.717, 1.165) is 19.3 Å². The van der Waals surface area contributed by atoms with Crippen molar-refractivity contribution in [3.63, 3.8) is 0 Å². The molecule has 2 atom stereocenters. The number of unbranched alkanes of at least 4 members (excludes halogenated alkanes) is 3. The number of Topliss-reactive ketones (excluding diaryl/α,β-unsaturated/α-hetero) is 3. The van der Waals surface area contributed by atoms with Gasteiger partial charge in [-0.05, 0) is 99.6 Å². The molecule has 21 nitrogen and oxygen atoms in total. The fourth-order valence-corrected chi connectivity index (χ4v) is 8.67. The van der Waals surface area contributed by atoms with Crippen LogP contribution in [0.3, 0.4) is 0 Å². The van der Waals surface area contributed by atoms with Crippen LogP contribution in [0.15, 0.2) is 60.7 Å². The van der Waals surface area contributed by atoms with Crippen LogP contribution in [0.2, 0.25) is 6.82 Å². The molecule has 1 radical (unpaired) electrons. The van der Waals surface area contributed by atoms with Crippen molar-refractivity contribution in [1.82, 2.24) is 15.5 Å². The molecule has 5 rings (SSSR count). The highest BCUT2D eigenvalue weighted by molar-refractivity contribution is 7.60. The zero-order valence-electron chi connectivity index (χ0n) is 41.9. The summed E-state index contributed by atoms with van der Waals surface area (Å²) in [6, 6.07) is 12.0. The summed E-state index contributed by atoms with van der Waals surface area (Å²) in [5.41, 5.74) is 10.2. The van der Waals surface area contributed by atoms with E-state index in [0.29, 0.717) is 99.7 Å². The molecule has 0 aromatic heterocycles. The highest BCUT2D eigenvalue weighted by Crippen LogP contribution is 2.46. The average molecular weight is 1060 g/mol. The monoisotopic (exact) mass is 1060 g/mol. The quantitative estimate of drug-likeness (QED) is 0.0148. The van der Waals surface area contributed by atoms with Gasteiger partial charge in [0.2, 0.25) is 18.8 Å². The Morgan fingerprint density at radius 3 is 1.39 bits per heavy atom. The third-order valence-corrected chi connectivity index (χ3v) is 13.6. The van der Waals surface area contributed by atoms with Crippen molar-refractivity contribution < 1.29 is 67.8 Å². The number of primary amides is 2. The van der Waals surface area contributed by atoms with Crippen molar-refractivity contribution in [2.45, 2.75) is 137 Å². The number of anilines is 2. The number of nitrogens with two attached hydrogens (primary N) is 2. The second-order valence-electron chi connectivity index (χ2n) is 18.5. The second-order valence-corrected chi connectivity index (χ2v) is 19.2. The summed E-state index contributed by atoms with van der Waals surface area (Å²) in [6.45, 7) is 3.91. The Hall–Kier alpha value is -6.64. The Balaban J connectivity index is 0.000000496. The number of carboxylic acid groups (broad SMARTS) is 1. The molecule has 0 spiro atoms. The van der Waals surface area contributed by atoms with E-state index in [-0.39, 0.29) is 90.6 Å². The zero-order valence-corrected chi connectivity index (χ0v) is 42.8. The maximum Gasteiger partial charge on any atom is 0.317 e. The number of ketones is 3. The van der Waals surface area contributed by atoms with Gasteiger partial charge in [-0.25, -0.2) is 9.59 Å². The first kappa shape index (κ1) is 64.5. The smallest absolute Gasteiger partial charge is 0.317 e. The van der Waals surface area contributed by atoms with Crippen LogP contribution in [0.1, 0.15) is 128 Å². The van der Waals surface area contributed by atoms with Crippen LogP contribution in [0.25, 0.3) is 0 Å². The van der Waals surface area contributed by atoms with Gasteiger partial charge in [0, 0.05) is 74.3 Å². The number of benzene rings is 2. The molecule has 0 bridgehead atoms. The van der Waals surface area contributed by atoms with Gasteiger partial charge in [0.1, 0.15) is 17.0 Å². The molecular weight excluding hydrogens is 988 g/mol. The molecule has 0 unspecified atom stereocenters. The average Bonchev–Trinajstić information content (AvgIpc) is 3.66. The van der Waals surface area contributed by atoms with E-state index in [1.807, 2.05) is 0 Å². The number of nitrogens with one attached hydrogen (secondary N) is 4. The highest BCUT2D eigenvalue weighted by Gasteiger charge is 2.51. The number of carbonyl (C=O) groups excluding carboxylic acids is 9. The number of imide groups is 1. The van der Waals surface area contributed by atoms with E-state index in [2.05, 4.69) is 21.3 Å². The topological polar surface area (TPSA) is 352 Å². The number of carbonyl (C=O) groups is 10. The van der Waals surface area contributed by atoms with Crippen molar-refractivity contribution in [2.24, 2.45) is 34.1 Å². The minimum Gasteiger partial charge on any atom is -0.480 e. The van der Waals surface area contributed by atoms with Gasteiger partial charge in [-0.2, -0.15) is 0 Å². The van der Waals surface area contributed by atoms with E-state index in [4.69, 9.17) is 16.6 Å². The molecule has 3 aliphatic rings. The van der Waals surface area contributed by atoms with Gasteiger partial charge < -0.3 is 48.1 Å². The molecule has 23 heteroatoms. The lowest BCUT2D eigenvalue weighted by Crippen LogP contribution is -2.46. The standard InChI is InChI=1S/C30H40N4O7.C20H27N3O6.CH3BOP.CH4/c31-29(41)32-17-5-7-22(28(40)33-23-11-9-21(20-35)10-12-23)19-25(37)30(15-6-16-30)24(36)8-3-1-2-4-18-34-26(38)13-14-27(34)39;21-19(29)22-10-1-3-14(11-16(25)20(18(27)28)8-2-9-20)17(26)23-15-6-4-13(12-24)5-7-15;1-2-4-3;/h9-14,22,35H,1-8,15-20H2,(H,33,40)(H3,31,32,41);4-7,14,24H,1-3,8-12H2,(H,23,26)(H,27,28)(H3,21,22,29);1H3;1H4/t22-;14-;;/m11../s1. The fraction of sp³-hybridized carbons (Fsp3) is 0.538. The van der Waals surface area contributed by atoms with Gasteiger partial charge in [-0.3, -0.25) is 47.8 Å². The van der Waals surface area contributed by atoms with Gasteiger partial charge in [-0.1, -0.05) is 64.2 Å². The minimum atomic E-state index is -1.38. The Labute approximate surface area is 440 Å². The van der Waals surface area contributed by atoms with Crippen molar-refractivity contribution in [3.8, 4) is 0 Å². The molecule has 1 heterocycles. The summed E-state index contributed by atoms with van der Waals surface area (Å²) in [6.07, 6.45) is 9.78. The van der Waals surface area contributed by atoms with E-state index in [1.165, 1.54) is 17.1 Å². The summed E-state index contributed by atoms with van der Waals surface area (Å²) in [4.78, 5) is 123. The summed E-state index contributed by atoms with van der Waals surface area (Å²) in [5, 5.41) is 38.3. The van der Waals surface area contributed by atoms with Crippen LogP contribution in [0.5, 0.6) is 0 Å². The number of aliphatic carboxylic acids is 1. The lowest BCUT2D eigenvalue weighted by atomic mass is 9.61. The minimum absolute atomic E-state index is 0. The molecule has 75 heavy (non-hydrogen) atoms. The first-order chi connectivity index (χ1) is 35.4. The first-order valence-corrected chi connectivity index (χ1v) is 25.8. The predicted octanol–water partition coefficient (Wildman–Crippen LogP) is 5.73. The number of aliphatic hydroxyl groups excluding tert-OH is 2.